The second-order valence-corrected chi connectivity index (χ2v) is 37.4. The number of benzene rings is 4. The number of aliphatic hydroxyl groups excluding tert-OH is 4. The Bertz CT molecular complexity index is 5700. The van der Waals surface area contributed by atoms with Gasteiger partial charge in [0.15, 0.2) is 23.1 Å². The molecule has 4 N–H and O–H groups in total. The Morgan fingerprint density at radius 2 is 0.643 bits per heavy atom. The highest BCUT2D eigenvalue weighted by Gasteiger charge is 2.50. The predicted molar refractivity (Wildman–Crippen MR) is 469 cm³/mol. The van der Waals surface area contributed by atoms with Crippen molar-refractivity contribution in [3.8, 4) is 12.1 Å². The van der Waals surface area contributed by atoms with E-state index in [1.54, 1.807) is 128 Å². The Hall–Kier alpha value is -11.1. The molecular weight excluding hydrogens is 1640 g/mol. The van der Waals surface area contributed by atoms with Crippen LogP contribution in [0, 0.1) is 117 Å². The number of fused-ring (bicyclic) bond motifs is 8. The number of nitrogens with zero attached hydrogens (tertiary/aromatic N) is 10. The van der Waals surface area contributed by atoms with E-state index in [0.29, 0.717) is 109 Å². The van der Waals surface area contributed by atoms with Crippen molar-refractivity contribution in [2.24, 2.45) is 71.0 Å². The highest BCUT2D eigenvalue weighted by Crippen LogP contribution is 2.58. The van der Waals surface area contributed by atoms with Crippen LogP contribution in [0.25, 0.3) is 43.6 Å². The molecule has 8 fully saturated rings. The number of Topliss-reactive ketones (excluding diaryl/α,β-unsaturated/α-hetero) is 4. The van der Waals surface area contributed by atoms with Crippen LogP contribution in [0.3, 0.4) is 0 Å². The van der Waals surface area contributed by atoms with Gasteiger partial charge < -0.3 is 20.4 Å². The fraction of sp³-hybridized carbons (Fsp3) is 0.392. The van der Waals surface area contributed by atoms with Crippen molar-refractivity contribution in [1.82, 2.24) is 39.9 Å². The second kappa shape index (κ2) is 38.2. The molecule has 12 unspecified atom stereocenters. The fourth-order valence-corrected chi connectivity index (χ4v) is 23.3. The van der Waals surface area contributed by atoms with E-state index in [4.69, 9.17) is 33.7 Å². The van der Waals surface area contributed by atoms with Crippen LogP contribution in [0.4, 0.5) is 17.6 Å². The average Bonchev–Trinajstić information content (AvgIpc) is 1.58. The van der Waals surface area contributed by atoms with Crippen molar-refractivity contribution in [2.75, 3.05) is 0 Å². The zero-order valence-corrected chi connectivity index (χ0v) is 70.8. The van der Waals surface area contributed by atoms with Crippen LogP contribution < -0.4 is 0 Å². The number of carbonyl (C=O) groups excluding carboxylic acids is 4. The van der Waals surface area contributed by atoms with E-state index in [0.717, 1.165) is 163 Å². The third-order valence-electron chi connectivity index (χ3n) is 29.0. The molecule has 0 aliphatic heterocycles. The van der Waals surface area contributed by atoms with Crippen molar-refractivity contribution < 1.29 is 57.2 Å². The van der Waals surface area contributed by atoms with E-state index in [1.807, 2.05) is 36.4 Å². The zero-order chi connectivity index (χ0) is 87.6. The molecule has 8 aromatic heterocycles. The molecule has 20 rings (SSSR count). The number of halogens is 6. The lowest BCUT2D eigenvalue weighted by atomic mass is 9.87. The topological polar surface area (TPSA) is 300 Å². The number of hydrogen-bond acceptors (Lipinski definition) is 18. The maximum Gasteiger partial charge on any atom is 0.167 e. The molecule has 4 aromatic carbocycles. The minimum absolute atomic E-state index is 0.00220. The normalized spacial score (nSPS) is 25.8. The third-order valence-corrected chi connectivity index (χ3v) is 29.4. The molecule has 8 heterocycles. The quantitative estimate of drug-likeness (QED) is 0.0407. The van der Waals surface area contributed by atoms with Gasteiger partial charge in [-0.05, 0) is 364 Å². The number of carbonyl (C=O) groups is 4. The number of rotatable bonds is 20. The zero-order valence-electron chi connectivity index (χ0n) is 69.3. The lowest BCUT2D eigenvalue weighted by molar-refractivity contribution is -0.129. The first-order valence-electron chi connectivity index (χ1n) is 43.9. The van der Waals surface area contributed by atoms with Crippen LogP contribution >= 0.6 is 23.2 Å². The first kappa shape index (κ1) is 87.0. The summed E-state index contributed by atoms with van der Waals surface area (Å²) in [6.07, 6.45) is 24.8. The molecule has 18 nitrogen and oxygen atoms in total. The van der Waals surface area contributed by atoms with E-state index < -0.39 is 24.4 Å². The average molecular weight is 1740 g/mol. The minimum atomic E-state index is -0.979. The van der Waals surface area contributed by atoms with Gasteiger partial charge in [-0.25, -0.2) is 27.5 Å². The molecule has 0 spiro atoms. The number of nitriles is 2. The van der Waals surface area contributed by atoms with Gasteiger partial charge in [0.1, 0.15) is 70.7 Å². The molecule has 20 atom stereocenters. The summed E-state index contributed by atoms with van der Waals surface area (Å²) in [5.74, 6) is 3.58. The Labute approximate surface area is 737 Å². The van der Waals surface area contributed by atoms with Gasteiger partial charge in [0, 0.05) is 95.3 Å². The van der Waals surface area contributed by atoms with E-state index in [9.17, 15) is 57.2 Å². The largest absolute Gasteiger partial charge is 0.385 e. The van der Waals surface area contributed by atoms with Gasteiger partial charge in [0.2, 0.25) is 0 Å². The highest BCUT2D eigenvalue weighted by atomic mass is 35.5. The Kier molecular flexibility index (Phi) is 26.4. The Balaban J connectivity index is 0.000000119. The summed E-state index contributed by atoms with van der Waals surface area (Å²) in [6.45, 7) is 0. The molecule has 644 valence electrons. The van der Waals surface area contributed by atoms with Crippen molar-refractivity contribution in [1.29, 1.82) is 10.5 Å². The standard InChI is InChI=1S/2C26H24FN3O2.2C25H24ClFN2O2/c27-20-2-4-24-23(11-20)22(5-6-29-24)18-7-16-9-19(10-17(16)8-18)26(32)25(31)12-21-3-1-15(13-28)14-30-21;27-20-2-4-24-23(12-20)22(5-6-29-24)18-8-16-10-19(11-17(16)9-18)26(32)25(31)7-15-1-3-21(13-28)30-14-15;26-24-4-1-14(13-29-24)7-23(30)25(31)18-10-15-8-17(9-16(15)11-18)20-5-6-28-22-3-2-19(27)12-21(20)22;26-18-1-3-20(29-13-18)12-24(30)25(31)17-9-14-7-16(8-15(14)10-17)21-5-6-28-23-4-2-19(27)11-22(21)23/h1-6,11,14,16-19,26,32H,7-10,12H2;1-6,12,14,16-19,26,32H,7-11H2;1-6,12-13,15-18,25,31H,7-11H2;1-6,11,13-17,25,31H,7-10,12H2/t2*16-,17+,18?,19?,26?;15-,16+,17?,18?,25?;14-,15+,16?,17?,25?. The number of ketones is 4. The van der Waals surface area contributed by atoms with Crippen LogP contribution in [0.1, 0.15) is 182 Å². The molecule has 0 radical (unpaired) electrons. The predicted octanol–water partition coefficient (Wildman–Crippen LogP) is 18.9. The smallest absolute Gasteiger partial charge is 0.167 e. The van der Waals surface area contributed by atoms with Gasteiger partial charge in [-0.1, -0.05) is 35.3 Å². The minimum Gasteiger partial charge on any atom is -0.385 e. The summed E-state index contributed by atoms with van der Waals surface area (Å²) >= 11 is 11.6. The molecule has 0 saturated heterocycles. The summed E-state index contributed by atoms with van der Waals surface area (Å²) in [5, 5.41) is 65.0. The Morgan fingerprint density at radius 1 is 0.333 bits per heavy atom. The van der Waals surface area contributed by atoms with Crippen LogP contribution in [0.5, 0.6) is 0 Å². The molecular formula is C102H96Cl2F4N10O8. The van der Waals surface area contributed by atoms with Crippen LogP contribution in [-0.4, -0.2) is 108 Å². The molecule has 126 heavy (non-hydrogen) atoms. The summed E-state index contributed by atoms with van der Waals surface area (Å²) in [7, 11) is 0. The van der Waals surface area contributed by atoms with Gasteiger partial charge >= 0.3 is 0 Å². The molecule has 8 aliphatic carbocycles. The van der Waals surface area contributed by atoms with Crippen molar-refractivity contribution in [3.63, 3.8) is 0 Å². The van der Waals surface area contributed by atoms with Crippen LogP contribution in [0.15, 0.2) is 195 Å². The van der Waals surface area contributed by atoms with Gasteiger partial charge in [-0.2, -0.15) is 10.5 Å². The molecule has 8 aliphatic rings. The summed E-state index contributed by atoms with van der Waals surface area (Å²) in [4.78, 5) is 84.3. The molecule has 0 amide bonds. The Morgan fingerprint density at radius 3 is 0.913 bits per heavy atom. The molecule has 8 saturated carbocycles. The van der Waals surface area contributed by atoms with Crippen molar-refractivity contribution in [2.45, 2.75) is 177 Å². The van der Waals surface area contributed by atoms with Crippen LogP contribution in [-0.2, 0) is 44.9 Å². The SMILES string of the molecule is N#Cc1ccc(CC(=O)C(O)C2C[C@H]3CC(c4ccnc5ccc(F)cc45)C[C@H]3C2)cn1.N#Cc1ccc(CC(=O)C(O)C2C[C@H]3CC(c4ccnc5ccc(F)cc45)C[C@H]3C2)nc1.O=C(Cc1ccc(Cl)cn1)C(O)C1C[C@H]2CC(c3ccnc4ccc(F)cc34)C[C@H]2C1.O=C(Cc1ccc(Cl)nc1)C(O)C1C[C@H]2CC(c3ccnc4ccc(F)cc34)C[C@H]2C1. The van der Waals surface area contributed by atoms with E-state index in [2.05, 4.69) is 39.9 Å². The van der Waals surface area contributed by atoms with Crippen LogP contribution in [0.2, 0.25) is 10.2 Å². The maximum absolute atomic E-state index is 13.8. The van der Waals surface area contributed by atoms with Gasteiger partial charge in [0.25, 0.3) is 0 Å². The van der Waals surface area contributed by atoms with E-state index in [1.165, 1.54) is 54.0 Å². The number of hydrogen-bond donors (Lipinski definition) is 4. The number of aliphatic hydroxyl groups is 4. The fourth-order valence-electron chi connectivity index (χ4n) is 23.1. The first-order valence-corrected chi connectivity index (χ1v) is 44.6. The third kappa shape index (κ3) is 19.6. The number of pyridine rings is 8. The number of aromatic nitrogens is 8. The van der Waals surface area contributed by atoms with E-state index in [-0.39, 0.29) is 95.8 Å². The lowest BCUT2D eigenvalue weighted by Crippen LogP contribution is -2.30. The molecule has 0 bridgehead atoms. The summed E-state index contributed by atoms with van der Waals surface area (Å²) in [5.41, 5.74) is 11.4. The van der Waals surface area contributed by atoms with Gasteiger partial charge in [-0.15, -0.1) is 0 Å². The van der Waals surface area contributed by atoms with Gasteiger partial charge in [-0.3, -0.25) is 49.1 Å². The lowest BCUT2D eigenvalue weighted by Gasteiger charge is -2.20. The summed E-state index contributed by atoms with van der Waals surface area (Å²) < 4.78 is 55.3. The monoisotopic (exact) mass is 1730 g/mol. The molecule has 24 heteroatoms. The maximum atomic E-state index is 13.8. The van der Waals surface area contributed by atoms with Crippen molar-refractivity contribution >= 4 is 89.9 Å². The highest BCUT2D eigenvalue weighted by molar-refractivity contribution is 6.30. The van der Waals surface area contributed by atoms with Crippen molar-refractivity contribution in [3.05, 3.63) is 285 Å². The summed E-state index contributed by atoms with van der Waals surface area (Å²) in [6, 6.07) is 44.5. The first-order chi connectivity index (χ1) is 61.0. The molecule has 12 aromatic rings. The van der Waals surface area contributed by atoms with E-state index >= 15 is 0 Å². The second-order valence-electron chi connectivity index (χ2n) is 36.5. The van der Waals surface area contributed by atoms with Gasteiger partial charge in [0.05, 0.1) is 45.5 Å².